The Labute approximate surface area is 157 Å². The van der Waals surface area contributed by atoms with Crippen LogP contribution in [0.1, 0.15) is 22.5 Å². The minimum absolute atomic E-state index is 0.00362. The summed E-state index contributed by atoms with van der Waals surface area (Å²) < 4.78 is 23.2. The number of anilines is 2. The first-order valence-corrected chi connectivity index (χ1v) is 10.3. The van der Waals surface area contributed by atoms with E-state index in [9.17, 15) is 13.2 Å². The molecule has 1 unspecified atom stereocenters. The van der Waals surface area contributed by atoms with Crippen LogP contribution in [0.3, 0.4) is 0 Å². The molecular formula is C17H19ClN4O3S. The van der Waals surface area contributed by atoms with Gasteiger partial charge in [0.2, 0.25) is 0 Å². The highest BCUT2D eigenvalue weighted by Crippen LogP contribution is 2.23. The Morgan fingerprint density at radius 1 is 1.31 bits per heavy atom. The SMILES string of the molecule is Cc1ccc(Cl)cc1Nc1cnc(C(=O)N(C)C2CCS(=O)(=O)C2)cn1. The average Bonchev–Trinajstić information content (AvgIpc) is 2.97. The first-order chi connectivity index (χ1) is 12.2. The number of carbonyl (C=O) groups excluding carboxylic acids is 1. The molecule has 2 heterocycles. The van der Waals surface area contributed by atoms with Crippen molar-refractivity contribution in [3.63, 3.8) is 0 Å². The van der Waals surface area contributed by atoms with Gasteiger partial charge in [0, 0.05) is 23.8 Å². The third kappa shape index (κ3) is 4.13. The van der Waals surface area contributed by atoms with Crippen molar-refractivity contribution in [2.75, 3.05) is 23.9 Å². The minimum atomic E-state index is -3.06. The number of aromatic nitrogens is 2. The highest BCUT2D eigenvalue weighted by Gasteiger charge is 2.33. The smallest absolute Gasteiger partial charge is 0.274 e. The number of hydrogen-bond acceptors (Lipinski definition) is 6. The number of rotatable bonds is 4. The van der Waals surface area contributed by atoms with E-state index < -0.39 is 9.84 Å². The Bertz CT molecular complexity index is 932. The second kappa shape index (κ2) is 7.20. The number of hydrogen-bond donors (Lipinski definition) is 1. The van der Waals surface area contributed by atoms with Crippen LogP contribution in [0.4, 0.5) is 11.5 Å². The maximum absolute atomic E-state index is 12.5. The fourth-order valence-corrected chi connectivity index (χ4v) is 4.74. The predicted molar refractivity (Wildman–Crippen MR) is 101 cm³/mol. The summed E-state index contributed by atoms with van der Waals surface area (Å²) >= 11 is 6.00. The Morgan fingerprint density at radius 2 is 2.08 bits per heavy atom. The van der Waals surface area contributed by atoms with Crippen LogP contribution < -0.4 is 5.32 Å². The van der Waals surface area contributed by atoms with Gasteiger partial charge in [-0.1, -0.05) is 17.7 Å². The molecule has 1 N–H and O–H groups in total. The lowest BCUT2D eigenvalue weighted by Gasteiger charge is -2.22. The quantitative estimate of drug-likeness (QED) is 0.856. The van der Waals surface area contributed by atoms with Crippen molar-refractivity contribution in [1.29, 1.82) is 0 Å². The molecule has 7 nitrogen and oxygen atoms in total. The monoisotopic (exact) mass is 394 g/mol. The van der Waals surface area contributed by atoms with E-state index in [2.05, 4.69) is 15.3 Å². The predicted octanol–water partition coefficient (Wildman–Crippen LogP) is 2.44. The van der Waals surface area contributed by atoms with Gasteiger partial charge in [0.25, 0.3) is 5.91 Å². The number of carbonyl (C=O) groups is 1. The zero-order chi connectivity index (χ0) is 18.9. The van der Waals surface area contributed by atoms with Crippen molar-refractivity contribution >= 4 is 38.9 Å². The molecule has 0 radical (unpaired) electrons. The molecule has 0 saturated carbocycles. The zero-order valence-corrected chi connectivity index (χ0v) is 16.0. The summed E-state index contributed by atoms with van der Waals surface area (Å²) in [6.45, 7) is 1.94. The molecule has 1 aliphatic rings. The largest absolute Gasteiger partial charge is 0.339 e. The zero-order valence-electron chi connectivity index (χ0n) is 14.4. The molecule has 3 rings (SSSR count). The van der Waals surface area contributed by atoms with Crippen molar-refractivity contribution in [3.05, 3.63) is 46.9 Å². The average molecular weight is 395 g/mol. The molecule has 1 atom stereocenters. The van der Waals surface area contributed by atoms with Gasteiger partial charge in [0.1, 0.15) is 11.5 Å². The van der Waals surface area contributed by atoms with E-state index in [0.29, 0.717) is 17.3 Å². The highest BCUT2D eigenvalue weighted by atomic mass is 35.5. The van der Waals surface area contributed by atoms with E-state index in [-0.39, 0.29) is 29.1 Å². The van der Waals surface area contributed by atoms with Crippen LogP contribution in [0.5, 0.6) is 0 Å². The summed E-state index contributed by atoms with van der Waals surface area (Å²) in [5.41, 5.74) is 1.97. The van der Waals surface area contributed by atoms with Gasteiger partial charge < -0.3 is 10.2 Å². The molecule has 26 heavy (non-hydrogen) atoms. The van der Waals surface area contributed by atoms with Gasteiger partial charge in [-0.3, -0.25) is 4.79 Å². The summed E-state index contributed by atoms with van der Waals surface area (Å²) in [6.07, 6.45) is 3.29. The van der Waals surface area contributed by atoms with Crippen LogP contribution in [0, 0.1) is 6.92 Å². The molecule has 1 aliphatic heterocycles. The summed E-state index contributed by atoms with van der Waals surface area (Å²) in [4.78, 5) is 22.3. The fraction of sp³-hybridized carbons (Fsp3) is 0.353. The second-order valence-corrected chi connectivity index (χ2v) is 9.01. The van der Waals surface area contributed by atoms with Gasteiger partial charge in [-0.25, -0.2) is 18.4 Å². The lowest BCUT2D eigenvalue weighted by molar-refractivity contribution is 0.0741. The van der Waals surface area contributed by atoms with E-state index in [0.717, 1.165) is 11.3 Å². The molecule has 1 amide bonds. The first kappa shape index (κ1) is 18.6. The fourth-order valence-electron chi connectivity index (χ4n) is 2.80. The number of sulfone groups is 1. The number of benzene rings is 1. The number of nitrogens with zero attached hydrogens (tertiary/aromatic N) is 3. The van der Waals surface area contributed by atoms with Crippen molar-refractivity contribution < 1.29 is 13.2 Å². The van der Waals surface area contributed by atoms with Gasteiger partial charge in [0.15, 0.2) is 9.84 Å². The molecule has 1 aromatic heterocycles. The van der Waals surface area contributed by atoms with Crippen LogP contribution >= 0.6 is 11.6 Å². The maximum Gasteiger partial charge on any atom is 0.274 e. The van der Waals surface area contributed by atoms with Gasteiger partial charge in [-0.15, -0.1) is 0 Å². The molecule has 138 valence electrons. The third-order valence-electron chi connectivity index (χ3n) is 4.41. The normalized spacial score (nSPS) is 18.5. The Kier molecular flexibility index (Phi) is 5.15. The van der Waals surface area contributed by atoms with Gasteiger partial charge in [-0.2, -0.15) is 0 Å². The van der Waals surface area contributed by atoms with Crippen LogP contribution in [0.15, 0.2) is 30.6 Å². The molecular weight excluding hydrogens is 376 g/mol. The number of aryl methyl sites for hydroxylation is 1. The van der Waals surface area contributed by atoms with Gasteiger partial charge >= 0.3 is 0 Å². The maximum atomic E-state index is 12.5. The molecule has 0 spiro atoms. The van der Waals surface area contributed by atoms with Gasteiger partial charge in [0.05, 0.1) is 23.9 Å². The molecule has 0 bridgehead atoms. The van der Waals surface area contributed by atoms with Crippen LogP contribution in [-0.2, 0) is 9.84 Å². The lowest BCUT2D eigenvalue weighted by Crippen LogP contribution is -2.38. The van der Waals surface area contributed by atoms with E-state index in [4.69, 9.17) is 11.6 Å². The summed E-state index contributed by atoms with van der Waals surface area (Å²) in [5.74, 6) is 0.252. The highest BCUT2D eigenvalue weighted by molar-refractivity contribution is 7.91. The van der Waals surface area contributed by atoms with Crippen molar-refractivity contribution in [3.8, 4) is 0 Å². The molecule has 0 aliphatic carbocycles. The van der Waals surface area contributed by atoms with Gasteiger partial charge in [-0.05, 0) is 31.0 Å². The van der Waals surface area contributed by atoms with Crippen LogP contribution in [0.2, 0.25) is 5.02 Å². The van der Waals surface area contributed by atoms with Crippen molar-refractivity contribution in [2.45, 2.75) is 19.4 Å². The Hall–Kier alpha value is -2.19. The molecule has 1 aromatic carbocycles. The van der Waals surface area contributed by atoms with E-state index >= 15 is 0 Å². The van der Waals surface area contributed by atoms with Crippen LogP contribution in [-0.4, -0.2) is 53.8 Å². The third-order valence-corrected chi connectivity index (χ3v) is 6.40. The van der Waals surface area contributed by atoms with E-state index in [1.165, 1.54) is 17.3 Å². The molecule has 9 heteroatoms. The van der Waals surface area contributed by atoms with E-state index in [1.54, 1.807) is 19.2 Å². The summed E-state index contributed by atoms with van der Waals surface area (Å²) in [5, 5.41) is 3.71. The number of amides is 1. The summed E-state index contributed by atoms with van der Waals surface area (Å²) in [7, 11) is -1.46. The van der Waals surface area contributed by atoms with Crippen molar-refractivity contribution in [1.82, 2.24) is 14.9 Å². The second-order valence-electron chi connectivity index (χ2n) is 6.34. The topological polar surface area (TPSA) is 92.3 Å². The van der Waals surface area contributed by atoms with Crippen molar-refractivity contribution in [2.24, 2.45) is 0 Å². The molecule has 1 fully saturated rings. The lowest BCUT2D eigenvalue weighted by atomic mass is 10.2. The van der Waals surface area contributed by atoms with E-state index in [1.807, 2.05) is 13.0 Å². The standard InChI is InChI=1S/C17H19ClN4O3S/c1-11-3-4-12(18)7-14(11)21-16-9-19-15(8-20-16)17(23)22(2)13-5-6-26(24,25)10-13/h3-4,7-9,13H,5-6,10H2,1-2H3,(H,20,21). The number of halogens is 1. The number of nitrogens with one attached hydrogen (secondary N) is 1. The first-order valence-electron chi connectivity index (χ1n) is 8.08. The molecule has 2 aromatic rings. The molecule has 1 saturated heterocycles. The summed E-state index contributed by atoms with van der Waals surface area (Å²) in [6, 6.07) is 5.16. The Balaban J connectivity index is 1.71. The van der Waals surface area contributed by atoms with Crippen LogP contribution in [0.25, 0.3) is 0 Å². The Morgan fingerprint density at radius 3 is 2.69 bits per heavy atom. The minimum Gasteiger partial charge on any atom is -0.339 e.